The fourth-order valence-corrected chi connectivity index (χ4v) is 3.83. The van der Waals surface area contributed by atoms with Crippen molar-refractivity contribution in [2.24, 2.45) is 11.5 Å². The molecular formula is C25H28ClN5O4. The number of likely N-dealkylation sites (N-methyl/N-ethyl adjacent to an activating group) is 1. The number of nitrogen functional groups attached to an aromatic ring is 1. The molecule has 0 spiro atoms. The van der Waals surface area contributed by atoms with E-state index >= 15 is 0 Å². The molecule has 184 valence electrons. The van der Waals surface area contributed by atoms with Crippen LogP contribution in [0.3, 0.4) is 0 Å². The Balaban J connectivity index is 0.00000432. The van der Waals surface area contributed by atoms with E-state index in [-0.39, 0.29) is 30.6 Å². The number of fused-ring (bicyclic) bond motifs is 1. The number of carbonyl (C=O) groups excluding carboxylic acids is 2. The Morgan fingerprint density at radius 1 is 1.03 bits per heavy atom. The summed E-state index contributed by atoms with van der Waals surface area (Å²) in [7, 11) is 1.42. The molecule has 0 radical (unpaired) electrons. The maximum absolute atomic E-state index is 12.9. The van der Waals surface area contributed by atoms with Gasteiger partial charge in [0.05, 0.1) is 6.54 Å². The van der Waals surface area contributed by atoms with Crippen molar-refractivity contribution >= 4 is 46.7 Å². The number of benzene rings is 3. The number of ketones is 1. The first-order valence-corrected chi connectivity index (χ1v) is 10.6. The third-order valence-electron chi connectivity index (χ3n) is 5.83. The molecule has 9 nitrogen and oxygen atoms in total. The molecule has 0 aromatic heterocycles. The number of carbonyl (C=O) groups is 3. The van der Waals surface area contributed by atoms with Gasteiger partial charge < -0.3 is 21.9 Å². The van der Waals surface area contributed by atoms with Gasteiger partial charge in [0, 0.05) is 24.1 Å². The molecule has 0 bridgehead atoms. The summed E-state index contributed by atoms with van der Waals surface area (Å²) in [5.74, 6) is -2.20. The number of hydrogen-bond donors (Lipinski definition) is 6. The topological polar surface area (TPSA) is 171 Å². The number of rotatable bonds is 10. The third-order valence-corrected chi connectivity index (χ3v) is 5.83. The Hall–Kier alpha value is -3.79. The molecule has 1 unspecified atom stereocenters. The largest absolute Gasteiger partial charge is 0.480 e. The predicted octanol–water partition coefficient (Wildman–Crippen LogP) is 1.59. The van der Waals surface area contributed by atoms with Crippen LogP contribution in [0.5, 0.6) is 0 Å². The van der Waals surface area contributed by atoms with Gasteiger partial charge in [-0.25, -0.2) is 4.79 Å². The molecule has 0 fully saturated rings. The van der Waals surface area contributed by atoms with Crippen molar-refractivity contribution in [3.63, 3.8) is 0 Å². The van der Waals surface area contributed by atoms with E-state index in [1.807, 2.05) is 6.07 Å². The summed E-state index contributed by atoms with van der Waals surface area (Å²) in [5.41, 5.74) is 11.7. The van der Waals surface area contributed by atoms with Crippen LogP contribution >= 0.6 is 12.4 Å². The molecule has 3 rings (SSSR count). The summed E-state index contributed by atoms with van der Waals surface area (Å²) >= 11 is 0. The van der Waals surface area contributed by atoms with Crippen LogP contribution in [0.4, 0.5) is 0 Å². The summed E-state index contributed by atoms with van der Waals surface area (Å²) in [6.07, 6.45) is -0.0858. The van der Waals surface area contributed by atoms with Crippen molar-refractivity contribution in [2.75, 3.05) is 13.6 Å². The minimum atomic E-state index is -1.82. The highest BCUT2D eigenvalue weighted by Gasteiger charge is 2.43. The molecular weight excluding hydrogens is 470 g/mol. The van der Waals surface area contributed by atoms with Gasteiger partial charge in [-0.3, -0.25) is 20.3 Å². The standard InChI is InChI=1S/C25H27N5O4.ClH/c1-29-25(24(33)34,21(31)13-26)12-16-7-10-19-18(11-16)3-2-4-20(19)23(32)30-14-15-5-8-17(9-6-15)22(27)28;/h2-11,29H,12-14,26H2,1H3,(H3,27,28)(H,30,32)(H,33,34);1H. The summed E-state index contributed by atoms with van der Waals surface area (Å²) in [6.45, 7) is -0.0987. The van der Waals surface area contributed by atoms with Gasteiger partial charge in [0.15, 0.2) is 11.3 Å². The van der Waals surface area contributed by atoms with Crippen LogP contribution in [-0.2, 0) is 22.6 Å². The number of aliphatic carboxylic acids is 1. The van der Waals surface area contributed by atoms with Crippen LogP contribution in [0.25, 0.3) is 10.8 Å². The number of amides is 1. The molecule has 1 atom stereocenters. The second-order valence-electron chi connectivity index (χ2n) is 7.92. The number of carboxylic acids is 1. The number of nitrogens with two attached hydrogens (primary N) is 2. The fraction of sp³-hybridized carbons (Fsp3) is 0.200. The van der Waals surface area contributed by atoms with E-state index in [1.54, 1.807) is 54.6 Å². The molecule has 8 N–H and O–H groups in total. The number of halogens is 1. The second-order valence-corrected chi connectivity index (χ2v) is 7.92. The summed E-state index contributed by atoms with van der Waals surface area (Å²) in [4.78, 5) is 37.1. The Morgan fingerprint density at radius 3 is 2.26 bits per heavy atom. The van der Waals surface area contributed by atoms with Gasteiger partial charge in [-0.2, -0.15) is 0 Å². The lowest BCUT2D eigenvalue weighted by Crippen LogP contribution is -2.60. The van der Waals surface area contributed by atoms with E-state index in [0.29, 0.717) is 28.6 Å². The maximum Gasteiger partial charge on any atom is 0.332 e. The normalized spacial score (nSPS) is 12.3. The molecule has 0 aliphatic rings. The zero-order chi connectivity index (χ0) is 24.9. The van der Waals surface area contributed by atoms with E-state index in [9.17, 15) is 19.5 Å². The Bertz CT molecular complexity index is 1260. The molecule has 0 aliphatic carbocycles. The molecule has 0 aliphatic heterocycles. The Labute approximate surface area is 208 Å². The average molecular weight is 498 g/mol. The summed E-state index contributed by atoms with van der Waals surface area (Å²) < 4.78 is 0. The lowest BCUT2D eigenvalue weighted by Gasteiger charge is -2.27. The van der Waals surface area contributed by atoms with Crippen LogP contribution in [-0.4, -0.2) is 47.7 Å². The number of nitrogens with one attached hydrogen (secondary N) is 3. The minimum absolute atomic E-state index is 0. The molecule has 1 amide bonds. The third kappa shape index (κ3) is 5.83. The maximum atomic E-state index is 12.9. The number of Topliss-reactive ketones (excluding diaryl/α,β-unsaturated/α-hetero) is 1. The SMILES string of the molecule is CNC(Cc1ccc2c(C(=O)NCc3ccc(C(=N)N)cc3)cccc2c1)(C(=O)O)C(=O)CN.Cl. The van der Waals surface area contributed by atoms with Crippen molar-refractivity contribution in [1.29, 1.82) is 5.41 Å². The van der Waals surface area contributed by atoms with Gasteiger partial charge in [-0.05, 0) is 35.0 Å². The quantitative estimate of drug-likeness (QED) is 0.140. The number of amidine groups is 1. The lowest BCUT2D eigenvalue weighted by atomic mass is 9.85. The van der Waals surface area contributed by atoms with Crippen molar-refractivity contribution in [1.82, 2.24) is 10.6 Å². The number of carboxylic acid groups (broad SMARTS) is 1. The van der Waals surface area contributed by atoms with E-state index in [1.165, 1.54) is 7.05 Å². The molecule has 0 saturated heterocycles. The van der Waals surface area contributed by atoms with Crippen molar-refractivity contribution in [3.05, 3.63) is 82.9 Å². The summed E-state index contributed by atoms with van der Waals surface area (Å²) in [5, 5.41) is 24.1. The number of hydrogen-bond acceptors (Lipinski definition) is 6. The van der Waals surface area contributed by atoms with Gasteiger partial charge in [-0.15, -0.1) is 12.4 Å². The molecule has 3 aromatic carbocycles. The van der Waals surface area contributed by atoms with Crippen LogP contribution in [0, 0.1) is 5.41 Å². The Kier molecular flexibility index (Phi) is 9.07. The van der Waals surface area contributed by atoms with Gasteiger partial charge in [0.1, 0.15) is 5.84 Å². The van der Waals surface area contributed by atoms with E-state index in [4.69, 9.17) is 16.9 Å². The first-order chi connectivity index (χ1) is 16.2. The minimum Gasteiger partial charge on any atom is -0.480 e. The van der Waals surface area contributed by atoms with Gasteiger partial charge in [0.2, 0.25) is 0 Å². The van der Waals surface area contributed by atoms with Gasteiger partial charge >= 0.3 is 5.97 Å². The van der Waals surface area contributed by atoms with E-state index in [2.05, 4.69) is 10.6 Å². The fourth-order valence-electron chi connectivity index (χ4n) is 3.83. The molecule has 35 heavy (non-hydrogen) atoms. The average Bonchev–Trinajstić information content (AvgIpc) is 2.84. The lowest BCUT2D eigenvalue weighted by molar-refractivity contribution is -0.149. The smallest absolute Gasteiger partial charge is 0.332 e. The van der Waals surface area contributed by atoms with Crippen LogP contribution < -0.4 is 22.1 Å². The van der Waals surface area contributed by atoms with Crippen molar-refractivity contribution < 1.29 is 19.5 Å². The highest BCUT2D eigenvalue weighted by molar-refractivity contribution is 6.09. The molecule has 10 heteroatoms. The van der Waals surface area contributed by atoms with Crippen LogP contribution in [0.15, 0.2) is 60.7 Å². The summed E-state index contributed by atoms with van der Waals surface area (Å²) in [6, 6.07) is 17.5. The van der Waals surface area contributed by atoms with Gasteiger partial charge in [-0.1, -0.05) is 54.6 Å². The zero-order valence-electron chi connectivity index (χ0n) is 19.1. The Morgan fingerprint density at radius 2 is 1.69 bits per heavy atom. The van der Waals surface area contributed by atoms with E-state index < -0.39 is 23.8 Å². The molecule has 0 saturated carbocycles. The monoisotopic (exact) mass is 497 g/mol. The first kappa shape index (κ1) is 27.5. The van der Waals surface area contributed by atoms with E-state index in [0.717, 1.165) is 10.9 Å². The van der Waals surface area contributed by atoms with Gasteiger partial charge in [0.25, 0.3) is 5.91 Å². The second kappa shape index (κ2) is 11.6. The predicted molar refractivity (Wildman–Crippen MR) is 137 cm³/mol. The first-order valence-electron chi connectivity index (χ1n) is 10.6. The van der Waals surface area contributed by atoms with Crippen molar-refractivity contribution in [3.8, 4) is 0 Å². The highest BCUT2D eigenvalue weighted by atomic mass is 35.5. The van der Waals surface area contributed by atoms with Crippen molar-refractivity contribution in [2.45, 2.75) is 18.5 Å². The highest BCUT2D eigenvalue weighted by Crippen LogP contribution is 2.24. The van der Waals surface area contributed by atoms with Crippen LogP contribution in [0.1, 0.15) is 27.0 Å². The molecule has 3 aromatic rings. The zero-order valence-corrected chi connectivity index (χ0v) is 19.9. The molecule has 0 heterocycles. The van der Waals surface area contributed by atoms with Crippen LogP contribution in [0.2, 0.25) is 0 Å².